The second kappa shape index (κ2) is 8.56. The van der Waals surface area contributed by atoms with Gasteiger partial charge in [0, 0.05) is 35.9 Å². The highest BCUT2D eigenvalue weighted by Crippen LogP contribution is 2.41. The molecule has 0 aliphatic heterocycles. The van der Waals surface area contributed by atoms with E-state index in [1.807, 2.05) is 12.1 Å². The monoisotopic (exact) mass is 434 g/mol. The Hall–Kier alpha value is -2.10. The van der Waals surface area contributed by atoms with Crippen molar-refractivity contribution in [3.63, 3.8) is 0 Å². The summed E-state index contributed by atoms with van der Waals surface area (Å²) in [6, 6.07) is 3.92. The smallest absolute Gasteiger partial charge is 0.274 e. The van der Waals surface area contributed by atoms with Gasteiger partial charge in [0.2, 0.25) is 0 Å². The summed E-state index contributed by atoms with van der Waals surface area (Å²) in [5.41, 5.74) is 4.58. The maximum absolute atomic E-state index is 11.0. The summed E-state index contributed by atoms with van der Waals surface area (Å²) < 4.78 is 35.6. The van der Waals surface area contributed by atoms with Crippen molar-refractivity contribution < 1.29 is 17.9 Å². The van der Waals surface area contributed by atoms with E-state index in [-0.39, 0.29) is 6.54 Å². The SMILES string of the molecule is COc1cc2c(NCC3CC3)c3c(nc2cc1OCCCNS(N)(=O)=O)CC(C)C3. The fourth-order valence-corrected chi connectivity index (χ4v) is 4.44. The maximum Gasteiger partial charge on any atom is 0.274 e. The molecule has 1 unspecified atom stereocenters. The minimum atomic E-state index is -3.68. The van der Waals surface area contributed by atoms with Crippen LogP contribution < -0.4 is 24.7 Å². The van der Waals surface area contributed by atoms with Crippen LogP contribution in [0.15, 0.2) is 12.1 Å². The Morgan fingerprint density at radius 3 is 2.73 bits per heavy atom. The first kappa shape index (κ1) is 21.1. The molecule has 9 heteroatoms. The molecule has 0 saturated heterocycles. The third kappa shape index (κ3) is 4.96. The van der Waals surface area contributed by atoms with Gasteiger partial charge in [-0.2, -0.15) is 8.42 Å². The molecule has 4 N–H and O–H groups in total. The van der Waals surface area contributed by atoms with Gasteiger partial charge in [0.25, 0.3) is 10.2 Å². The zero-order valence-electron chi connectivity index (χ0n) is 17.5. The highest BCUT2D eigenvalue weighted by molar-refractivity contribution is 7.87. The zero-order valence-corrected chi connectivity index (χ0v) is 18.3. The average molecular weight is 435 g/mol. The number of anilines is 1. The number of nitrogens with zero attached hydrogens (tertiary/aromatic N) is 1. The first-order chi connectivity index (χ1) is 14.3. The van der Waals surface area contributed by atoms with E-state index in [1.54, 1.807) is 7.11 Å². The molecule has 0 radical (unpaired) electrons. The predicted octanol–water partition coefficient (Wildman–Crippen LogP) is 2.36. The lowest BCUT2D eigenvalue weighted by Crippen LogP contribution is -2.32. The Kier molecular flexibility index (Phi) is 6.04. The number of rotatable bonds is 10. The number of benzene rings is 1. The zero-order chi connectivity index (χ0) is 21.3. The van der Waals surface area contributed by atoms with Crippen molar-refractivity contribution >= 4 is 26.8 Å². The summed E-state index contributed by atoms with van der Waals surface area (Å²) in [5.74, 6) is 2.62. The van der Waals surface area contributed by atoms with Gasteiger partial charge < -0.3 is 14.8 Å². The molecule has 0 bridgehead atoms. The highest BCUT2D eigenvalue weighted by atomic mass is 32.2. The lowest BCUT2D eigenvalue weighted by atomic mass is 10.0. The van der Waals surface area contributed by atoms with Crippen LogP contribution in [0.4, 0.5) is 5.69 Å². The van der Waals surface area contributed by atoms with Gasteiger partial charge in [-0.15, -0.1) is 0 Å². The molecule has 2 aliphatic carbocycles. The van der Waals surface area contributed by atoms with Crippen molar-refractivity contribution in [3.05, 3.63) is 23.4 Å². The number of fused-ring (bicyclic) bond motifs is 2. The maximum atomic E-state index is 11.0. The second-order valence-corrected chi connectivity index (χ2v) is 9.79. The van der Waals surface area contributed by atoms with Gasteiger partial charge in [-0.25, -0.2) is 9.86 Å². The third-order valence-corrected chi connectivity index (χ3v) is 6.30. The molecular weight excluding hydrogens is 404 g/mol. The Morgan fingerprint density at radius 1 is 1.23 bits per heavy atom. The molecule has 2 aliphatic rings. The van der Waals surface area contributed by atoms with Crippen LogP contribution in [0.1, 0.15) is 37.4 Å². The molecular formula is C21H30N4O4S. The van der Waals surface area contributed by atoms with Crippen molar-refractivity contribution in [2.24, 2.45) is 17.0 Å². The normalized spacial score (nSPS) is 18.4. The molecule has 30 heavy (non-hydrogen) atoms. The molecule has 1 aromatic carbocycles. The van der Waals surface area contributed by atoms with E-state index in [2.05, 4.69) is 17.0 Å². The van der Waals surface area contributed by atoms with E-state index in [1.165, 1.54) is 29.8 Å². The minimum absolute atomic E-state index is 0.216. The molecule has 2 aromatic rings. The topological polar surface area (TPSA) is 116 Å². The number of hydrogen-bond donors (Lipinski definition) is 3. The van der Waals surface area contributed by atoms with Gasteiger partial charge in [-0.05, 0) is 55.6 Å². The summed E-state index contributed by atoms with van der Waals surface area (Å²) in [6.45, 7) is 3.81. The quantitative estimate of drug-likeness (QED) is 0.495. The standard InChI is InChI=1S/C21H30N4O4S/c1-13-8-15-17(9-13)25-18-11-20(29-7-3-6-24-30(22,26)27)19(28-2)10-16(18)21(15)23-12-14-4-5-14/h10-11,13-14,24H,3-9,12H2,1-2H3,(H,23,25)(H2,22,26,27). The summed E-state index contributed by atoms with van der Waals surface area (Å²) in [4.78, 5) is 4.94. The predicted molar refractivity (Wildman–Crippen MR) is 117 cm³/mol. The van der Waals surface area contributed by atoms with Gasteiger partial charge in [0.1, 0.15) is 0 Å². The summed E-state index contributed by atoms with van der Waals surface area (Å²) in [6.07, 6.45) is 5.13. The fourth-order valence-electron chi connectivity index (χ4n) is 4.01. The van der Waals surface area contributed by atoms with Crippen LogP contribution >= 0.6 is 0 Å². The summed E-state index contributed by atoms with van der Waals surface area (Å²) in [5, 5.41) is 9.70. The van der Waals surface area contributed by atoms with Gasteiger partial charge in [-0.3, -0.25) is 4.98 Å². The van der Waals surface area contributed by atoms with Crippen LogP contribution in [-0.2, 0) is 23.1 Å². The number of ether oxygens (including phenoxy) is 2. The lowest BCUT2D eigenvalue weighted by Gasteiger charge is -2.17. The van der Waals surface area contributed by atoms with E-state index >= 15 is 0 Å². The molecule has 0 amide bonds. The van der Waals surface area contributed by atoms with Gasteiger partial charge in [0.05, 0.1) is 19.2 Å². The van der Waals surface area contributed by atoms with Crippen LogP contribution in [0.25, 0.3) is 10.9 Å². The molecule has 1 aromatic heterocycles. The van der Waals surface area contributed by atoms with Gasteiger partial charge >= 0.3 is 0 Å². The van der Waals surface area contributed by atoms with Crippen LogP contribution in [0.2, 0.25) is 0 Å². The van der Waals surface area contributed by atoms with Crippen LogP contribution in [0.5, 0.6) is 11.5 Å². The number of hydrogen-bond acceptors (Lipinski definition) is 6. The van der Waals surface area contributed by atoms with Gasteiger partial charge in [0.15, 0.2) is 11.5 Å². The summed E-state index contributed by atoms with van der Waals surface area (Å²) >= 11 is 0. The van der Waals surface area contributed by atoms with E-state index in [4.69, 9.17) is 19.6 Å². The van der Waals surface area contributed by atoms with Gasteiger partial charge in [-0.1, -0.05) is 6.92 Å². The van der Waals surface area contributed by atoms with Crippen molar-refractivity contribution in [2.75, 3.05) is 32.1 Å². The van der Waals surface area contributed by atoms with Crippen LogP contribution in [0.3, 0.4) is 0 Å². The first-order valence-electron chi connectivity index (χ1n) is 10.5. The Balaban J connectivity index is 1.59. The number of nitrogens with two attached hydrogens (primary N) is 1. The van der Waals surface area contributed by atoms with E-state index < -0.39 is 10.2 Å². The average Bonchev–Trinajstić information content (AvgIpc) is 3.43. The minimum Gasteiger partial charge on any atom is -0.493 e. The number of aromatic nitrogens is 1. The second-order valence-electron chi connectivity index (χ2n) is 8.41. The Labute approximate surface area is 177 Å². The van der Waals surface area contributed by atoms with E-state index in [0.29, 0.717) is 30.4 Å². The summed E-state index contributed by atoms with van der Waals surface area (Å²) in [7, 11) is -2.06. The van der Waals surface area contributed by atoms with Crippen LogP contribution in [-0.4, -0.2) is 40.2 Å². The van der Waals surface area contributed by atoms with E-state index in [9.17, 15) is 8.42 Å². The Bertz CT molecular complexity index is 1040. The van der Waals surface area contributed by atoms with Crippen molar-refractivity contribution in [1.82, 2.24) is 9.71 Å². The number of pyridine rings is 1. The molecule has 8 nitrogen and oxygen atoms in total. The molecule has 0 spiro atoms. The van der Waals surface area contributed by atoms with Crippen LogP contribution in [0, 0.1) is 11.8 Å². The molecule has 164 valence electrons. The van der Waals surface area contributed by atoms with E-state index in [0.717, 1.165) is 36.2 Å². The third-order valence-electron chi connectivity index (χ3n) is 5.70. The molecule has 1 heterocycles. The number of nitrogens with one attached hydrogen (secondary N) is 2. The molecule has 1 saturated carbocycles. The molecule has 4 rings (SSSR count). The molecule has 1 atom stereocenters. The van der Waals surface area contributed by atoms with Crippen molar-refractivity contribution in [1.29, 1.82) is 0 Å². The highest BCUT2D eigenvalue weighted by Gasteiger charge is 2.27. The largest absolute Gasteiger partial charge is 0.493 e. The Morgan fingerprint density at radius 2 is 2.03 bits per heavy atom. The fraction of sp³-hybridized carbons (Fsp3) is 0.571. The first-order valence-corrected chi connectivity index (χ1v) is 12.1. The molecule has 1 fully saturated rings. The lowest BCUT2D eigenvalue weighted by molar-refractivity contribution is 0.290. The van der Waals surface area contributed by atoms with Crippen molar-refractivity contribution in [3.8, 4) is 11.5 Å². The van der Waals surface area contributed by atoms with Crippen molar-refractivity contribution in [2.45, 2.75) is 39.0 Å². The number of methoxy groups -OCH3 is 1.